The average Bonchev–Trinajstić information content (AvgIpc) is 3.50. The van der Waals surface area contributed by atoms with Gasteiger partial charge in [0.25, 0.3) is 5.91 Å². The van der Waals surface area contributed by atoms with Crippen LogP contribution >= 0.6 is 0 Å². The molecule has 7 heteroatoms. The van der Waals surface area contributed by atoms with Crippen molar-refractivity contribution in [1.82, 2.24) is 0 Å². The van der Waals surface area contributed by atoms with E-state index in [-0.39, 0.29) is 30.0 Å². The molecule has 31 heavy (non-hydrogen) atoms. The summed E-state index contributed by atoms with van der Waals surface area (Å²) in [5, 5.41) is 0. The number of nitrogens with zero attached hydrogens (tertiary/aromatic N) is 2. The van der Waals surface area contributed by atoms with Crippen LogP contribution in [-0.4, -0.2) is 37.8 Å². The molecule has 2 amide bonds. The van der Waals surface area contributed by atoms with Crippen molar-refractivity contribution in [2.45, 2.75) is 32.3 Å². The van der Waals surface area contributed by atoms with Gasteiger partial charge in [-0.1, -0.05) is 23.6 Å². The zero-order valence-corrected chi connectivity index (χ0v) is 17.6. The SMILES string of the molecule is C#CCN(C)c1cc(N(C=O)C(=O)c2ccc(C)cc2C)c(F)cc1OC1(C=O)CC1. The highest BCUT2D eigenvalue weighted by atomic mass is 19.1. The van der Waals surface area contributed by atoms with Crippen molar-refractivity contribution in [1.29, 1.82) is 0 Å². The number of halogens is 1. The average molecular weight is 422 g/mol. The minimum absolute atomic E-state index is 0.119. The normalized spacial score (nSPS) is 13.6. The third kappa shape index (κ3) is 4.43. The molecule has 0 unspecified atom stereocenters. The van der Waals surface area contributed by atoms with E-state index in [1.54, 1.807) is 31.0 Å². The van der Waals surface area contributed by atoms with Crippen LogP contribution in [0.5, 0.6) is 5.75 Å². The number of rotatable bonds is 8. The number of hydrogen-bond donors (Lipinski definition) is 0. The van der Waals surface area contributed by atoms with E-state index in [1.807, 2.05) is 13.0 Å². The van der Waals surface area contributed by atoms with Crippen molar-refractivity contribution < 1.29 is 23.5 Å². The van der Waals surface area contributed by atoms with E-state index in [4.69, 9.17) is 11.2 Å². The highest BCUT2D eigenvalue weighted by molar-refractivity contribution is 6.16. The predicted molar refractivity (Wildman–Crippen MR) is 116 cm³/mol. The Labute approximate surface area is 180 Å². The summed E-state index contributed by atoms with van der Waals surface area (Å²) in [6.07, 6.45) is 7.45. The van der Waals surface area contributed by atoms with Crippen LogP contribution in [-0.2, 0) is 9.59 Å². The Morgan fingerprint density at radius 1 is 1.23 bits per heavy atom. The maximum atomic E-state index is 15.1. The number of imide groups is 1. The molecule has 2 aromatic carbocycles. The monoisotopic (exact) mass is 422 g/mol. The molecule has 1 fully saturated rings. The second-order valence-corrected chi connectivity index (χ2v) is 7.72. The molecule has 0 aromatic heterocycles. The highest BCUT2D eigenvalue weighted by Crippen LogP contribution is 2.43. The van der Waals surface area contributed by atoms with Crippen molar-refractivity contribution in [2.24, 2.45) is 0 Å². The summed E-state index contributed by atoms with van der Waals surface area (Å²) in [5.74, 6) is 1.11. The molecule has 1 aliphatic carbocycles. The van der Waals surface area contributed by atoms with Crippen LogP contribution < -0.4 is 14.5 Å². The molecular weight excluding hydrogens is 399 g/mol. The van der Waals surface area contributed by atoms with E-state index in [9.17, 15) is 14.4 Å². The summed E-state index contributed by atoms with van der Waals surface area (Å²) in [5.41, 5.74) is 1.07. The summed E-state index contributed by atoms with van der Waals surface area (Å²) < 4.78 is 20.9. The summed E-state index contributed by atoms with van der Waals surface area (Å²) in [6.45, 7) is 3.80. The largest absolute Gasteiger partial charge is 0.478 e. The molecule has 3 rings (SSSR count). The third-order valence-corrected chi connectivity index (χ3v) is 5.23. The zero-order chi connectivity index (χ0) is 22.8. The van der Waals surface area contributed by atoms with Crippen LogP contribution in [0, 0.1) is 32.0 Å². The first kappa shape index (κ1) is 22.0. The first-order valence-electron chi connectivity index (χ1n) is 9.75. The summed E-state index contributed by atoms with van der Waals surface area (Å²) in [7, 11) is 1.67. The lowest BCUT2D eigenvalue weighted by atomic mass is 10.0. The first-order valence-corrected chi connectivity index (χ1v) is 9.75. The lowest BCUT2D eigenvalue weighted by Crippen LogP contribution is -2.31. The first-order chi connectivity index (χ1) is 14.7. The van der Waals surface area contributed by atoms with Gasteiger partial charge in [-0.3, -0.25) is 14.4 Å². The molecule has 0 saturated heterocycles. The number of benzene rings is 2. The number of aryl methyl sites for hydroxylation is 2. The van der Waals surface area contributed by atoms with Gasteiger partial charge in [0.1, 0.15) is 5.75 Å². The predicted octanol–water partition coefficient (Wildman–Crippen LogP) is 3.43. The number of terminal acetylenes is 1. The van der Waals surface area contributed by atoms with Gasteiger partial charge in [-0.25, -0.2) is 9.29 Å². The zero-order valence-electron chi connectivity index (χ0n) is 17.6. The van der Waals surface area contributed by atoms with Crippen LogP contribution in [0.15, 0.2) is 30.3 Å². The molecule has 1 aliphatic rings. The minimum atomic E-state index is -0.973. The van der Waals surface area contributed by atoms with Gasteiger partial charge in [0.2, 0.25) is 6.41 Å². The van der Waals surface area contributed by atoms with E-state index >= 15 is 4.39 Å². The second-order valence-electron chi connectivity index (χ2n) is 7.72. The van der Waals surface area contributed by atoms with Gasteiger partial charge in [0, 0.05) is 18.7 Å². The number of amides is 2. The molecule has 0 aliphatic heterocycles. The van der Waals surface area contributed by atoms with Crippen LogP contribution in [0.25, 0.3) is 0 Å². The van der Waals surface area contributed by atoms with Crippen LogP contribution in [0.3, 0.4) is 0 Å². The van der Waals surface area contributed by atoms with Crippen LogP contribution in [0.1, 0.15) is 34.3 Å². The number of ether oxygens (including phenoxy) is 1. The Bertz CT molecular complexity index is 1090. The third-order valence-electron chi connectivity index (χ3n) is 5.23. The summed E-state index contributed by atoms with van der Waals surface area (Å²) >= 11 is 0. The van der Waals surface area contributed by atoms with Crippen molar-refractivity contribution in [2.75, 3.05) is 23.4 Å². The minimum Gasteiger partial charge on any atom is -0.478 e. The lowest BCUT2D eigenvalue weighted by molar-refractivity contribution is -0.115. The van der Waals surface area contributed by atoms with Crippen molar-refractivity contribution in [3.8, 4) is 18.1 Å². The maximum Gasteiger partial charge on any atom is 0.265 e. The fraction of sp³-hybridized carbons (Fsp3) is 0.292. The Hall–Kier alpha value is -3.66. The molecule has 0 spiro atoms. The molecule has 0 heterocycles. The molecule has 2 aromatic rings. The van der Waals surface area contributed by atoms with Gasteiger partial charge in [-0.05, 0) is 44.4 Å². The molecular formula is C24H23FN2O4. The summed E-state index contributed by atoms with van der Waals surface area (Å²) in [6, 6.07) is 7.57. The van der Waals surface area contributed by atoms with Crippen LogP contribution in [0.2, 0.25) is 0 Å². The molecule has 1 saturated carbocycles. The van der Waals surface area contributed by atoms with Crippen molar-refractivity contribution in [3.05, 3.63) is 52.8 Å². The topological polar surface area (TPSA) is 66.9 Å². The molecule has 0 bridgehead atoms. The van der Waals surface area contributed by atoms with E-state index < -0.39 is 17.3 Å². The van der Waals surface area contributed by atoms with Crippen LogP contribution in [0.4, 0.5) is 15.8 Å². The number of hydrogen-bond acceptors (Lipinski definition) is 5. The Morgan fingerprint density at radius 3 is 2.48 bits per heavy atom. The van der Waals surface area contributed by atoms with E-state index in [2.05, 4.69) is 5.92 Å². The van der Waals surface area contributed by atoms with Crippen molar-refractivity contribution in [3.63, 3.8) is 0 Å². The number of aldehydes is 1. The standard InChI is InChI=1S/C24H23FN2O4/c1-5-10-26(4)21-13-20(19(25)12-22(21)31-24(14-28)8-9-24)27(15-29)23(30)18-7-6-16(2)11-17(18)3/h1,6-7,11-15H,8-10H2,2-4H3. The van der Waals surface area contributed by atoms with Gasteiger partial charge < -0.3 is 9.64 Å². The van der Waals surface area contributed by atoms with E-state index in [0.29, 0.717) is 30.4 Å². The van der Waals surface area contributed by atoms with Gasteiger partial charge in [0.05, 0.1) is 17.9 Å². The van der Waals surface area contributed by atoms with E-state index in [0.717, 1.165) is 16.5 Å². The smallest absolute Gasteiger partial charge is 0.265 e. The molecule has 0 radical (unpaired) electrons. The molecule has 0 N–H and O–H groups in total. The molecule has 0 atom stereocenters. The van der Waals surface area contributed by atoms with Gasteiger partial charge >= 0.3 is 0 Å². The number of carbonyl (C=O) groups excluding carboxylic acids is 3. The van der Waals surface area contributed by atoms with Crippen molar-refractivity contribution >= 4 is 30.0 Å². The Kier molecular flexibility index (Phi) is 6.11. The van der Waals surface area contributed by atoms with Gasteiger partial charge in [0.15, 0.2) is 17.7 Å². The number of carbonyl (C=O) groups is 3. The fourth-order valence-corrected chi connectivity index (χ4v) is 3.30. The highest BCUT2D eigenvalue weighted by Gasteiger charge is 2.46. The van der Waals surface area contributed by atoms with Gasteiger partial charge in [-0.15, -0.1) is 6.42 Å². The summed E-state index contributed by atoms with van der Waals surface area (Å²) in [4.78, 5) is 38.6. The maximum absolute atomic E-state index is 15.1. The second kappa shape index (κ2) is 8.60. The Balaban J connectivity index is 2.07. The van der Waals surface area contributed by atoms with Gasteiger partial charge in [-0.2, -0.15) is 0 Å². The Morgan fingerprint density at radius 2 is 1.94 bits per heavy atom. The number of anilines is 2. The molecule has 160 valence electrons. The quantitative estimate of drug-likeness (QED) is 0.482. The van der Waals surface area contributed by atoms with E-state index in [1.165, 1.54) is 6.07 Å². The molecule has 6 nitrogen and oxygen atoms in total. The lowest BCUT2D eigenvalue weighted by Gasteiger charge is -2.25. The fourth-order valence-electron chi connectivity index (χ4n) is 3.30.